The summed E-state index contributed by atoms with van der Waals surface area (Å²) in [4.78, 5) is 0. The molecule has 0 saturated carbocycles. The van der Waals surface area contributed by atoms with Crippen molar-refractivity contribution >= 4 is 22.6 Å². The lowest BCUT2D eigenvalue weighted by Crippen LogP contribution is -2.00. The van der Waals surface area contributed by atoms with Gasteiger partial charge < -0.3 is 0 Å². The first kappa shape index (κ1) is 9.25. The van der Waals surface area contributed by atoms with Crippen molar-refractivity contribution < 1.29 is 0 Å². The number of rotatable bonds is 1. The van der Waals surface area contributed by atoms with Crippen molar-refractivity contribution in [3.8, 4) is 0 Å². The van der Waals surface area contributed by atoms with Crippen LogP contribution in [-0.4, -0.2) is 3.92 Å². The molecule has 0 aromatic carbocycles. The molecule has 2 aliphatic rings. The van der Waals surface area contributed by atoms with E-state index in [4.69, 9.17) is 0 Å². The SMILES string of the molecule is I[C@H]1C=C(C2=CC=CCC2)C=CC1. The number of hydrogen-bond donors (Lipinski definition) is 0. The van der Waals surface area contributed by atoms with Crippen molar-refractivity contribution in [2.45, 2.75) is 23.2 Å². The van der Waals surface area contributed by atoms with E-state index in [1.165, 1.54) is 30.4 Å². The second-order valence-electron chi connectivity index (χ2n) is 3.43. The highest BCUT2D eigenvalue weighted by molar-refractivity contribution is 14.1. The molecule has 0 aliphatic heterocycles. The zero-order valence-corrected chi connectivity index (χ0v) is 9.70. The van der Waals surface area contributed by atoms with Crippen LogP contribution in [0, 0.1) is 0 Å². The van der Waals surface area contributed by atoms with E-state index in [-0.39, 0.29) is 0 Å². The van der Waals surface area contributed by atoms with E-state index in [2.05, 4.69) is 59.0 Å². The maximum Gasteiger partial charge on any atom is 0.0332 e. The average Bonchev–Trinajstić information content (AvgIpc) is 2.19. The van der Waals surface area contributed by atoms with Crippen molar-refractivity contribution in [2.75, 3.05) is 0 Å². The van der Waals surface area contributed by atoms with E-state index >= 15 is 0 Å². The minimum absolute atomic E-state index is 0.685. The van der Waals surface area contributed by atoms with Crippen LogP contribution in [0.1, 0.15) is 19.3 Å². The molecule has 0 N–H and O–H groups in total. The summed E-state index contributed by atoms with van der Waals surface area (Å²) in [5.41, 5.74) is 2.94. The third-order valence-corrected chi connectivity index (χ3v) is 3.27. The van der Waals surface area contributed by atoms with E-state index in [1.54, 1.807) is 0 Å². The van der Waals surface area contributed by atoms with Gasteiger partial charge in [-0.3, -0.25) is 0 Å². The first-order chi connectivity index (χ1) is 6.36. The van der Waals surface area contributed by atoms with Crippen LogP contribution >= 0.6 is 22.6 Å². The van der Waals surface area contributed by atoms with Gasteiger partial charge in [-0.25, -0.2) is 0 Å². The molecule has 0 radical (unpaired) electrons. The molecule has 0 amide bonds. The zero-order chi connectivity index (χ0) is 9.10. The van der Waals surface area contributed by atoms with Crippen LogP contribution in [0.5, 0.6) is 0 Å². The molecule has 2 rings (SSSR count). The highest BCUT2D eigenvalue weighted by atomic mass is 127. The number of halogens is 1. The van der Waals surface area contributed by atoms with Crippen LogP contribution in [0.4, 0.5) is 0 Å². The quantitative estimate of drug-likeness (QED) is 0.505. The Kier molecular flexibility index (Phi) is 3.04. The lowest BCUT2D eigenvalue weighted by molar-refractivity contribution is 0.963. The van der Waals surface area contributed by atoms with Gasteiger partial charge in [0.2, 0.25) is 0 Å². The fourth-order valence-corrected chi connectivity index (χ4v) is 2.38. The van der Waals surface area contributed by atoms with Gasteiger partial charge >= 0.3 is 0 Å². The summed E-state index contributed by atoms with van der Waals surface area (Å²) in [5, 5.41) is 0. The minimum atomic E-state index is 0.685. The summed E-state index contributed by atoms with van der Waals surface area (Å²) >= 11 is 2.50. The van der Waals surface area contributed by atoms with Crippen LogP contribution in [0.3, 0.4) is 0 Å². The van der Waals surface area contributed by atoms with Gasteiger partial charge in [0.15, 0.2) is 0 Å². The Morgan fingerprint density at radius 3 is 2.92 bits per heavy atom. The summed E-state index contributed by atoms with van der Waals surface area (Å²) in [6.45, 7) is 0. The van der Waals surface area contributed by atoms with Crippen LogP contribution in [0.25, 0.3) is 0 Å². The summed E-state index contributed by atoms with van der Waals surface area (Å²) in [6.07, 6.45) is 17.2. The first-order valence-electron chi connectivity index (χ1n) is 4.75. The third-order valence-electron chi connectivity index (χ3n) is 2.40. The van der Waals surface area contributed by atoms with Crippen LogP contribution in [0.2, 0.25) is 0 Å². The average molecular weight is 284 g/mol. The Labute approximate surface area is 93.2 Å². The summed E-state index contributed by atoms with van der Waals surface area (Å²) in [7, 11) is 0. The molecule has 0 fully saturated rings. The van der Waals surface area contributed by atoms with E-state index in [0.29, 0.717) is 3.92 Å². The molecule has 13 heavy (non-hydrogen) atoms. The van der Waals surface area contributed by atoms with Gasteiger partial charge in [0, 0.05) is 3.92 Å². The molecular formula is C12H13I. The summed E-state index contributed by atoms with van der Waals surface area (Å²) in [6, 6.07) is 0. The van der Waals surface area contributed by atoms with E-state index in [0.717, 1.165) is 0 Å². The number of alkyl halides is 1. The molecule has 0 bridgehead atoms. The smallest absolute Gasteiger partial charge is 0.0332 e. The van der Waals surface area contributed by atoms with Gasteiger partial charge in [0.1, 0.15) is 0 Å². The molecule has 0 unspecified atom stereocenters. The Bertz CT molecular complexity index is 305. The number of hydrogen-bond acceptors (Lipinski definition) is 0. The van der Waals surface area contributed by atoms with Crippen molar-refractivity contribution in [3.63, 3.8) is 0 Å². The monoisotopic (exact) mass is 284 g/mol. The van der Waals surface area contributed by atoms with Crippen molar-refractivity contribution in [2.24, 2.45) is 0 Å². The van der Waals surface area contributed by atoms with Crippen molar-refractivity contribution in [3.05, 3.63) is 47.6 Å². The molecule has 0 aromatic heterocycles. The van der Waals surface area contributed by atoms with E-state index < -0.39 is 0 Å². The Morgan fingerprint density at radius 2 is 2.23 bits per heavy atom. The predicted molar refractivity (Wildman–Crippen MR) is 66.1 cm³/mol. The fourth-order valence-electron chi connectivity index (χ4n) is 1.70. The maximum atomic E-state index is 2.50. The molecule has 0 heterocycles. The Hall–Kier alpha value is -0.310. The van der Waals surface area contributed by atoms with E-state index in [1.807, 2.05) is 0 Å². The molecule has 1 atom stereocenters. The van der Waals surface area contributed by atoms with Gasteiger partial charge in [-0.2, -0.15) is 0 Å². The van der Waals surface area contributed by atoms with Crippen LogP contribution in [0.15, 0.2) is 47.6 Å². The third kappa shape index (κ3) is 2.33. The largest absolute Gasteiger partial charge is 0.0842 e. The Balaban J connectivity index is 2.20. The fraction of sp³-hybridized carbons (Fsp3) is 0.333. The highest BCUT2D eigenvalue weighted by Gasteiger charge is 2.09. The molecule has 0 aromatic rings. The van der Waals surface area contributed by atoms with Crippen molar-refractivity contribution in [1.82, 2.24) is 0 Å². The van der Waals surface area contributed by atoms with Crippen LogP contribution < -0.4 is 0 Å². The molecule has 0 spiro atoms. The number of allylic oxidation sites excluding steroid dienone is 8. The highest BCUT2D eigenvalue weighted by Crippen LogP contribution is 2.26. The topological polar surface area (TPSA) is 0 Å². The molecule has 0 nitrogen and oxygen atoms in total. The van der Waals surface area contributed by atoms with Crippen LogP contribution in [-0.2, 0) is 0 Å². The second kappa shape index (κ2) is 4.27. The summed E-state index contributed by atoms with van der Waals surface area (Å²) in [5.74, 6) is 0. The molecule has 1 heteroatoms. The van der Waals surface area contributed by atoms with Crippen molar-refractivity contribution in [1.29, 1.82) is 0 Å². The standard InChI is InChI=1S/C12H13I/c13-12-8-4-7-11(9-12)10-5-2-1-3-6-10/h1-2,4-5,7,9,12H,3,6,8H2/t12-/m1/s1. The second-order valence-corrected chi connectivity index (χ2v) is 5.03. The maximum absolute atomic E-state index is 2.50. The predicted octanol–water partition coefficient (Wildman–Crippen LogP) is 3.95. The molecule has 0 saturated heterocycles. The lowest BCUT2D eigenvalue weighted by Gasteiger charge is -2.15. The van der Waals surface area contributed by atoms with E-state index in [9.17, 15) is 0 Å². The molecule has 68 valence electrons. The Morgan fingerprint density at radius 1 is 1.31 bits per heavy atom. The van der Waals surface area contributed by atoms with Gasteiger partial charge in [-0.05, 0) is 30.4 Å². The van der Waals surface area contributed by atoms with Gasteiger partial charge in [0.25, 0.3) is 0 Å². The van der Waals surface area contributed by atoms with Gasteiger partial charge in [0.05, 0.1) is 0 Å². The van der Waals surface area contributed by atoms with Gasteiger partial charge in [-0.1, -0.05) is 59.0 Å². The first-order valence-corrected chi connectivity index (χ1v) is 5.99. The summed E-state index contributed by atoms with van der Waals surface area (Å²) < 4.78 is 0.685. The normalized spacial score (nSPS) is 27.0. The minimum Gasteiger partial charge on any atom is -0.0842 e. The molecular weight excluding hydrogens is 271 g/mol. The lowest BCUT2D eigenvalue weighted by atomic mass is 9.93. The zero-order valence-electron chi connectivity index (χ0n) is 7.54. The van der Waals surface area contributed by atoms with Gasteiger partial charge in [-0.15, -0.1) is 0 Å². The molecule has 2 aliphatic carbocycles.